The van der Waals surface area contributed by atoms with Crippen molar-refractivity contribution in [3.05, 3.63) is 82.7 Å². The van der Waals surface area contributed by atoms with E-state index >= 15 is 0 Å². The molecule has 1 heterocycles. The Balaban J connectivity index is 1.50. The van der Waals surface area contributed by atoms with Gasteiger partial charge < -0.3 is 15.2 Å². The van der Waals surface area contributed by atoms with Gasteiger partial charge in [0.25, 0.3) is 0 Å². The summed E-state index contributed by atoms with van der Waals surface area (Å²) in [6.07, 6.45) is 9.08. The van der Waals surface area contributed by atoms with Crippen LogP contribution < -0.4 is 5.32 Å². The molecule has 2 aromatic rings. The standard InChI is InChI=1S/C28H33NO3/c1-3-4-7-22-17-29-26-15-10-19(2)16-25(26)27(22)32-18-20-11-13-21(14-12-20)23-8-5-6-9-24(23)28(30)31/h5-6,8-9,11-14,17,19,27,29H,3-4,7,10,15-16,18H2,1-2H3,(H,30,31). The fraction of sp³-hybridized carbons (Fsp3) is 0.393. The van der Waals surface area contributed by atoms with Crippen molar-refractivity contribution in [2.24, 2.45) is 5.92 Å². The fourth-order valence-electron chi connectivity index (χ4n) is 4.73. The van der Waals surface area contributed by atoms with Gasteiger partial charge in [-0.3, -0.25) is 0 Å². The maximum absolute atomic E-state index is 11.5. The molecule has 0 saturated carbocycles. The molecule has 0 fully saturated rings. The third-order valence-corrected chi connectivity index (χ3v) is 6.59. The molecule has 0 aromatic heterocycles. The number of nitrogens with one attached hydrogen (secondary N) is 1. The minimum atomic E-state index is -0.906. The zero-order valence-electron chi connectivity index (χ0n) is 19.1. The second-order valence-electron chi connectivity index (χ2n) is 9.06. The predicted molar refractivity (Wildman–Crippen MR) is 128 cm³/mol. The van der Waals surface area contributed by atoms with Crippen molar-refractivity contribution in [3.8, 4) is 11.1 Å². The van der Waals surface area contributed by atoms with Gasteiger partial charge in [0.05, 0.1) is 12.2 Å². The van der Waals surface area contributed by atoms with Gasteiger partial charge in [-0.1, -0.05) is 62.7 Å². The van der Waals surface area contributed by atoms with Crippen molar-refractivity contribution in [2.75, 3.05) is 0 Å². The zero-order valence-corrected chi connectivity index (χ0v) is 19.1. The molecule has 4 rings (SSSR count). The number of rotatable bonds is 8. The molecular formula is C28H33NO3. The van der Waals surface area contributed by atoms with E-state index in [0.29, 0.717) is 18.1 Å². The lowest BCUT2D eigenvalue weighted by atomic mass is 9.81. The summed E-state index contributed by atoms with van der Waals surface area (Å²) in [6.45, 7) is 5.10. The number of hydrogen-bond acceptors (Lipinski definition) is 3. The van der Waals surface area contributed by atoms with Gasteiger partial charge in [-0.2, -0.15) is 0 Å². The summed E-state index contributed by atoms with van der Waals surface area (Å²) in [4.78, 5) is 11.5. The second-order valence-corrected chi connectivity index (χ2v) is 9.06. The summed E-state index contributed by atoms with van der Waals surface area (Å²) >= 11 is 0. The van der Waals surface area contributed by atoms with Gasteiger partial charge in [0.1, 0.15) is 6.10 Å². The van der Waals surface area contributed by atoms with E-state index in [2.05, 4.69) is 25.4 Å². The molecule has 1 aliphatic heterocycles. The minimum absolute atomic E-state index is 0.0629. The molecule has 32 heavy (non-hydrogen) atoms. The van der Waals surface area contributed by atoms with Crippen LogP contribution in [0.15, 0.2) is 71.6 Å². The van der Waals surface area contributed by atoms with Crippen molar-refractivity contribution >= 4 is 5.97 Å². The summed E-state index contributed by atoms with van der Waals surface area (Å²) < 4.78 is 6.54. The van der Waals surface area contributed by atoms with E-state index in [9.17, 15) is 9.90 Å². The third-order valence-electron chi connectivity index (χ3n) is 6.59. The third kappa shape index (κ3) is 4.97. The zero-order chi connectivity index (χ0) is 22.5. The van der Waals surface area contributed by atoms with Crippen LogP contribution in [-0.2, 0) is 11.3 Å². The SMILES string of the molecule is CCCCC1=CNC2=C(CC(C)CC2)C1OCc1ccc(-c2ccccc2C(=O)O)cc1. The lowest BCUT2D eigenvalue weighted by molar-refractivity contribution is 0.0697. The number of carboxylic acids is 1. The highest BCUT2D eigenvalue weighted by Crippen LogP contribution is 2.37. The van der Waals surface area contributed by atoms with Crippen LogP contribution in [0.25, 0.3) is 11.1 Å². The molecule has 2 aromatic carbocycles. The Hall–Kier alpha value is -2.85. The number of carbonyl (C=O) groups is 1. The lowest BCUT2D eigenvalue weighted by Crippen LogP contribution is -2.32. The molecule has 2 aliphatic rings. The summed E-state index contributed by atoms with van der Waals surface area (Å²) in [5.74, 6) is -0.211. The summed E-state index contributed by atoms with van der Waals surface area (Å²) in [6, 6.07) is 15.2. The molecule has 0 bridgehead atoms. The fourth-order valence-corrected chi connectivity index (χ4v) is 4.73. The van der Waals surface area contributed by atoms with Crippen LogP contribution in [0, 0.1) is 5.92 Å². The molecule has 4 heteroatoms. The predicted octanol–water partition coefficient (Wildman–Crippen LogP) is 6.69. The summed E-state index contributed by atoms with van der Waals surface area (Å²) in [5.41, 5.74) is 7.21. The van der Waals surface area contributed by atoms with Gasteiger partial charge in [0.15, 0.2) is 0 Å². The number of carboxylic acid groups (broad SMARTS) is 1. The van der Waals surface area contributed by atoms with E-state index in [0.717, 1.165) is 36.0 Å². The smallest absolute Gasteiger partial charge is 0.336 e. The number of allylic oxidation sites excluding steroid dienone is 1. The van der Waals surface area contributed by atoms with Crippen molar-refractivity contribution in [1.82, 2.24) is 5.32 Å². The average molecular weight is 432 g/mol. The normalized spacial score (nSPS) is 20.4. The number of ether oxygens (including phenoxy) is 1. The van der Waals surface area contributed by atoms with Crippen LogP contribution in [0.4, 0.5) is 0 Å². The number of hydrogen-bond donors (Lipinski definition) is 2. The van der Waals surface area contributed by atoms with Crippen LogP contribution in [0.5, 0.6) is 0 Å². The first kappa shape index (κ1) is 22.3. The van der Waals surface area contributed by atoms with Crippen LogP contribution in [0.2, 0.25) is 0 Å². The van der Waals surface area contributed by atoms with Crippen molar-refractivity contribution in [3.63, 3.8) is 0 Å². The molecule has 1 aliphatic carbocycles. The largest absolute Gasteiger partial charge is 0.478 e. The molecular weight excluding hydrogens is 398 g/mol. The molecule has 168 valence electrons. The van der Waals surface area contributed by atoms with E-state index in [-0.39, 0.29) is 6.10 Å². The Bertz CT molecular complexity index is 1020. The Labute approximate surface area is 191 Å². The van der Waals surface area contributed by atoms with Gasteiger partial charge in [-0.15, -0.1) is 0 Å². The van der Waals surface area contributed by atoms with E-state index in [1.54, 1.807) is 12.1 Å². The quantitative estimate of drug-likeness (QED) is 0.489. The van der Waals surface area contributed by atoms with E-state index in [1.165, 1.54) is 36.1 Å². The first-order valence-electron chi connectivity index (χ1n) is 11.8. The molecule has 2 unspecified atom stereocenters. The van der Waals surface area contributed by atoms with Crippen LogP contribution in [-0.4, -0.2) is 17.2 Å². The Morgan fingerprint density at radius 1 is 1.16 bits per heavy atom. The number of benzene rings is 2. The lowest BCUT2D eigenvalue weighted by Gasteiger charge is -2.35. The summed E-state index contributed by atoms with van der Waals surface area (Å²) in [7, 11) is 0. The topological polar surface area (TPSA) is 58.6 Å². The maximum atomic E-state index is 11.5. The molecule has 0 radical (unpaired) electrons. The van der Waals surface area contributed by atoms with Crippen molar-refractivity contribution < 1.29 is 14.6 Å². The molecule has 0 spiro atoms. The van der Waals surface area contributed by atoms with Crippen molar-refractivity contribution in [2.45, 2.75) is 65.1 Å². The highest BCUT2D eigenvalue weighted by atomic mass is 16.5. The number of dihydropyridines is 1. The molecule has 4 nitrogen and oxygen atoms in total. The number of aromatic carboxylic acids is 1. The Kier molecular flexibility index (Phi) is 7.11. The first-order valence-corrected chi connectivity index (χ1v) is 11.8. The number of unbranched alkanes of at least 4 members (excludes halogenated alkanes) is 1. The van der Waals surface area contributed by atoms with Gasteiger partial charge in [-0.25, -0.2) is 4.79 Å². The Morgan fingerprint density at radius 3 is 2.69 bits per heavy atom. The van der Waals surface area contributed by atoms with Gasteiger partial charge in [-0.05, 0) is 71.9 Å². The van der Waals surface area contributed by atoms with E-state index in [4.69, 9.17) is 4.74 Å². The summed E-state index contributed by atoms with van der Waals surface area (Å²) in [5, 5.41) is 13.0. The Morgan fingerprint density at radius 2 is 1.94 bits per heavy atom. The second kappa shape index (κ2) is 10.2. The molecule has 0 amide bonds. The maximum Gasteiger partial charge on any atom is 0.336 e. The molecule has 2 atom stereocenters. The van der Waals surface area contributed by atoms with E-state index < -0.39 is 5.97 Å². The van der Waals surface area contributed by atoms with Crippen LogP contribution in [0.1, 0.15) is 68.3 Å². The van der Waals surface area contributed by atoms with Crippen molar-refractivity contribution in [1.29, 1.82) is 0 Å². The van der Waals surface area contributed by atoms with Crippen LogP contribution in [0.3, 0.4) is 0 Å². The van der Waals surface area contributed by atoms with E-state index in [1.807, 2.05) is 36.4 Å². The van der Waals surface area contributed by atoms with Gasteiger partial charge in [0, 0.05) is 11.9 Å². The monoisotopic (exact) mass is 431 g/mol. The van der Waals surface area contributed by atoms with Crippen LogP contribution >= 0.6 is 0 Å². The average Bonchev–Trinajstić information content (AvgIpc) is 2.81. The minimum Gasteiger partial charge on any atom is -0.478 e. The van der Waals surface area contributed by atoms with Gasteiger partial charge in [0.2, 0.25) is 0 Å². The molecule has 0 saturated heterocycles. The highest BCUT2D eigenvalue weighted by molar-refractivity contribution is 5.95. The molecule has 2 N–H and O–H groups in total. The highest BCUT2D eigenvalue weighted by Gasteiger charge is 2.30. The first-order chi connectivity index (χ1) is 15.6. The van der Waals surface area contributed by atoms with Gasteiger partial charge >= 0.3 is 5.97 Å².